The minimum atomic E-state index is -0.243. The average molecular weight is 363 g/mol. The lowest BCUT2D eigenvalue weighted by atomic mass is 10.2. The van der Waals surface area contributed by atoms with Gasteiger partial charge in [-0.05, 0) is 31.3 Å². The van der Waals surface area contributed by atoms with Gasteiger partial charge in [0.05, 0.1) is 23.6 Å². The van der Waals surface area contributed by atoms with Gasteiger partial charge in [0, 0.05) is 30.2 Å². The Labute approximate surface area is 156 Å². The zero-order chi connectivity index (χ0) is 18.8. The molecule has 0 unspecified atom stereocenters. The predicted octanol–water partition coefficient (Wildman–Crippen LogP) is 2.70. The van der Waals surface area contributed by atoms with E-state index in [-0.39, 0.29) is 5.91 Å². The van der Waals surface area contributed by atoms with E-state index in [1.165, 1.54) is 0 Å². The molecule has 0 aliphatic carbocycles. The minimum absolute atomic E-state index is 0.243. The van der Waals surface area contributed by atoms with Crippen molar-refractivity contribution in [2.24, 2.45) is 0 Å². The molecule has 8 heteroatoms. The van der Waals surface area contributed by atoms with E-state index in [1.807, 2.05) is 30.6 Å². The molecule has 0 spiro atoms. The Hall–Kier alpha value is -3.26. The number of carbonyl (C=O) groups is 1. The fourth-order valence-corrected chi connectivity index (χ4v) is 3.07. The fourth-order valence-electron chi connectivity index (χ4n) is 3.07. The molecule has 3 aromatic heterocycles. The van der Waals surface area contributed by atoms with E-state index < -0.39 is 0 Å². The lowest BCUT2D eigenvalue weighted by molar-refractivity contribution is 0.102. The van der Waals surface area contributed by atoms with Crippen LogP contribution in [0.4, 0.5) is 5.69 Å². The van der Waals surface area contributed by atoms with Crippen molar-refractivity contribution in [2.75, 3.05) is 18.4 Å². The predicted molar refractivity (Wildman–Crippen MR) is 104 cm³/mol. The number of nitrogens with zero attached hydrogens (tertiary/aromatic N) is 5. The van der Waals surface area contributed by atoms with Crippen molar-refractivity contribution in [1.29, 1.82) is 0 Å². The summed E-state index contributed by atoms with van der Waals surface area (Å²) in [5.41, 5.74) is 4.45. The van der Waals surface area contributed by atoms with Crippen molar-refractivity contribution < 1.29 is 4.79 Å². The van der Waals surface area contributed by atoms with Crippen LogP contribution >= 0.6 is 0 Å². The fraction of sp³-hybridized carbons (Fsp3) is 0.263. The van der Waals surface area contributed by atoms with Crippen LogP contribution in [-0.2, 0) is 6.54 Å². The highest BCUT2D eigenvalue weighted by Gasteiger charge is 2.15. The van der Waals surface area contributed by atoms with Gasteiger partial charge in [0.15, 0.2) is 5.65 Å². The smallest absolute Gasteiger partial charge is 0.261 e. The molecule has 0 aliphatic heterocycles. The van der Waals surface area contributed by atoms with Gasteiger partial charge < -0.3 is 10.3 Å². The molecule has 27 heavy (non-hydrogen) atoms. The second-order valence-corrected chi connectivity index (χ2v) is 6.34. The maximum atomic E-state index is 12.7. The molecule has 1 aromatic carbocycles. The summed E-state index contributed by atoms with van der Waals surface area (Å²) in [6.07, 6.45) is 6.91. The minimum Gasteiger partial charge on any atom is -0.345 e. The number of carbonyl (C=O) groups excluding carboxylic acids is 1. The number of amides is 1. The standard InChI is InChI=1S/C19H21N7O/c1-3-25(4-2)10-13-8-20-18-15(9-23-26(18)11-13)19(27)24-14-5-6-16-17(7-14)22-12-21-16/h5-9,11-12H,3-4,10H2,1-2H3,(H,21,22)(H,24,27). The van der Waals surface area contributed by atoms with Crippen molar-refractivity contribution in [1.82, 2.24) is 29.5 Å². The Kier molecular flexibility index (Phi) is 4.55. The van der Waals surface area contributed by atoms with Crippen LogP contribution in [0.3, 0.4) is 0 Å². The Bertz CT molecular complexity index is 1090. The number of aromatic nitrogens is 5. The number of benzene rings is 1. The third-order valence-corrected chi connectivity index (χ3v) is 4.63. The summed E-state index contributed by atoms with van der Waals surface area (Å²) >= 11 is 0. The molecule has 1 amide bonds. The Morgan fingerprint density at radius 2 is 2.07 bits per heavy atom. The van der Waals surface area contributed by atoms with Gasteiger partial charge in [-0.3, -0.25) is 9.69 Å². The third kappa shape index (κ3) is 3.39. The van der Waals surface area contributed by atoms with E-state index in [0.717, 1.165) is 36.2 Å². The van der Waals surface area contributed by atoms with Crippen molar-refractivity contribution in [3.8, 4) is 0 Å². The van der Waals surface area contributed by atoms with Gasteiger partial charge in [0.2, 0.25) is 0 Å². The van der Waals surface area contributed by atoms with E-state index in [4.69, 9.17) is 0 Å². The van der Waals surface area contributed by atoms with Crippen LogP contribution in [0.15, 0.2) is 43.1 Å². The summed E-state index contributed by atoms with van der Waals surface area (Å²) < 4.78 is 1.66. The maximum Gasteiger partial charge on any atom is 0.261 e. The Balaban J connectivity index is 1.56. The average Bonchev–Trinajstić information content (AvgIpc) is 3.32. The Morgan fingerprint density at radius 1 is 1.22 bits per heavy atom. The first-order chi connectivity index (χ1) is 13.2. The van der Waals surface area contributed by atoms with Crippen molar-refractivity contribution >= 4 is 28.3 Å². The molecule has 0 bridgehead atoms. The van der Waals surface area contributed by atoms with Crippen LogP contribution in [0.5, 0.6) is 0 Å². The number of rotatable bonds is 6. The number of anilines is 1. The summed E-state index contributed by atoms with van der Waals surface area (Å²) in [6.45, 7) is 7.02. The van der Waals surface area contributed by atoms with Gasteiger partial charge in [-0.2, -0.15) is 5.10 Å². The quantitative estimate of drug-likeness (QED) is 0.550. The van der Waals surface area contributed by atoms with E-state index in [0.29, 0.717) is 16.9 Å². The van der Waals surface area contributed by atoms with Crippen LogP contribution in [0, 0.1) is 0 Å². The first kappa shape index (κ1) is 17.2. The van der Waals surface area contributed by atoms with E-state index in [9.17, 15) is 4.79 Å². The normalized spacial score (nSPS) is 11.5. The van der Waals surface area contributed by atoms with E-state index >= 15 is 0 Å². The number of hydrogen-bond donors (Lipinski definition) is 2. The third-order valence-electron chi connectivity index (χ3n) is 4.63. The molecule has 0 saturated heterocycles. The lowest BCUT2D eigenvalue weighted by Crippen LogP contribution is -2.22. The summed E-state index contributed by atoms with van der Waals surface area (Å²) in [5, 5.41) is 7.20. The zero-order valence-electron chi connectivity index (χ0n) is 15.3. The highest BCUT2D eigenvalue weighted by Crippen LogP contribution is 2.18. The largest absolute Gasteiger partial charge is 0.345 e. The summed E-state index contributed by atoms with van der Waals surface area (Å²) in [5.74, 6) is -0.243. The summed E-state index contributed by atoms with van der Waals surface area (Å²) in [4.78, 5) is 26.7. The topological polar surface area (TPSA) is 91.2 Å². The van der Waals surface area contributed by atoms with Crippen LogP contribution in [0.2, 0.25) is 0 Å². The molecule has 0 radical (unpaired) electrons. The number of fused-ring (bicyclic) bond motifs is 2. The van der Waals surface area contributed by atoms with Gasteiger partial charge in [-0.15, -0.1) is 0 Å². The zero-order valence-corrected chi connectivity index (χ0v) is 15.3. The molecule has 4 rings (SSSR count). The molecule has 0 saturated carbocycles. The highest BCUT2D eigenvalue weighted by molar-refractivity contribution is 6.08. The molecular weight excluding hydrogens is 342 g/mol. The SMILES string of the molecule is CCN(CC)Cc1cnc2c(C(=O)Nc3ccc4nc[nH]c4c3)cnn2c1. The molecule has 0 aliphatic rings. The van der Waals surface area contributed by atoms with Crippen LogP contribution in [0.25, 0.3) is 16.7 Å². The van der Waals surface area contributed by atoms with Gasteiger partial charge in [0.1, 0.15) is 5.56 Å². The second kappa shape index (κ2) is 7.16. The summed E-state index contributed by atoms with van der Waals surface area (Å²) in [7, 11) is 0. The molecule has 0 fully saturated rings. The van der Waals surface area contributed by atoms with Crippen LogP contribution in [-0.4, -0.2) is 48.5 Å². The van der Waals surface area contributed by atoms with E-state index in [2.05, 4.69) is 44.1 Å². The highest BCUT2D eigenvalue weighted by atomic mass is 16.1. The number of nitrogens with one attached hydrogen (secondary N) is 2. The number of hydrogen-bond acceptors (Lipinski definition) is 5. The monoisotopic (exact) mass is 363 g/mol. The first-order valence-electron chi connectivity index (χ1n) is 8.97. The van der Waals surface area contributed by atoms with Gasteiger partial charge in [-0.1, -0.05) is 13.8 Å². The lowest BCUT2D eigenvalue weighted by Gasteiger charge is -2.17. The van der Waals surface area contributed by atoms with Crippen molar-refractivity contribution in [3.05, 3.63) is 54.2 Å². The molecule has 138 valence electrons. The maximum absolute atomic E-state index is 12.7. The van der Waals surface area contributed by atoms with Crippen LogP contribution in [0.1, 0.15) is 29.8 Å². The first-order valence-corrected chi connectivity index (χ1v) is 8.97. The molecule has 4 aromatic rings. The number of imidazole rings is 1. The van der Waals surface area contributed by atoms with E-state index in [1.54, 1.807) is 17.0 Å². The van der Waals surface area contributed by atoms with Crippen molar-refractivity contribution in [3.63, 3.8) is 0 Å². The van der Waals surface area contributed by atoms with Crippen LogP contribution < -0.4 is 5.32 Å². The molecule has 2 N–H and O–H groups in total. The molecule has 3 heterocycles. The summed E-state index contributed by atoms with van der Waals surface area (Å²) in [6, 6.07) is 5.53. The Morgan fingerprint density at radius 3 is 2.89 bits per heavy atom. The molecule has 8 nitrogen and oxygen atoms in total. The van der Waals surface area contributed by atoms with Crippen molar-refractivity contribution in [2.45, 2.75) is 20.4 Å². The van der Waals surface area contributed by atoms with Gasteiger partial charge in [0.25, 0.3) is 5.91 Å². The second-order valence-electron chi connectivity index (χ2n) is 6.34. The van der Waals surface area contributed by atoms with Gasteiger partial charge in [-0.25, -0.2) is 14.5 Å². The number of aromatic amines is 1. The molecule has 0 atom stereocenters. The molecular formula is C19H21N7O. The number of H-pyrrole nitrogens is 1. The van der Waals surface area contributed by atoms with Gasteiger partial charge >= 0.3 is 0 Å².